The molecule has 0 radical (unpaired) electrons. The van der Waals surface area contributed by atoms with E-state index in [1.165, 1.54) is 44.6 Å². The molecule has 5 nitrogen and oxygen atoms in total. The summed E-state index contributed by atoms with van der Waals surface area (Å²) >= 11 is 0. The third kappa shape index (κ3) is 7.90. The Balaban J connectivity index is 1.07. The highest BCUT2D eigenvalue weighted by molar-refractivity contribution is 6.09. The number of rotatable bonds is 9. The molecule has 318 valence electrons. The van der Waals surface area contributed by atoms with E-state index in [2.05, 4.69) is 248 Å². The van der Waals surface area contributed by atoms with Gasteiger partial charge in [0.2, 0.25) is 0 Å². The number of para-hydroxylation sites is 1. The summed E-state index contributed by atoms with van der Waals surface area (Å²) in [5.41, 5.74) is 11.5. The van der Waals surface area contributed by atoms with Crippen molar-refractivity contribution in [2.75, 3.05) is 16.5 Å². The smallest absolute Gasteiger partial charge is 0.137 e. The first-order valence-corrected chi connectivity index (χ1v) is 22.3. The van der Waals surface area contributed by atoms with Crippen molar-refractivity contribution >= 4 is 33.2 Å². The van der Waals surface area contributed by atoms with Gasteiger partial charge in [0.1, 0.15) is 17.3 Å². The summed E-state index contributed by atoms with van der Waals surface area (Å²) in [6, 6.07) is 56.8. The lowest BCUT2D eigenvalue weighted by Crippen LogP contribution is -2.31. The minimum atomic E-state index is -0.208. The molecule has 5 heteroatoms. The van der Waals surface area contributed by atoms with Crippen LogP contribution in [0.5, 0.6) is 11.5 Å². The monoisotopic (exact) mass is 828 g/mol. The standard InChI is InChI=1S/C58H60N4O/c1-55(2,3)44-33-46(61-39-60(38-53(61)56(4,5)6)45-27-25-42(26-28-45)57(7,8)40-19-13-11-14-20-40)36-48(34-44)63-47-29-30-50-49-23-17-18-24-51(49)62(52(50)37-47)54-35-43(31-32-59-54)58(9,10)41-21-15-12-16-22-41/h11-38H,39H2,1-10H3. The molecule has 63 heavy (non-hydrogen) atoms. The zero-order chi connectivity index (χ0) is 44.3. The van der Waals surface area contributed by atoms with E-state index in [4.69, 9.17) is 9.72 Å². The SMILES string of the molecule is CC(C)(C)C1=CN(c2ccc(C(C)(C)c3ccccc3)cc2)CN1c1cc(Oc2ccc3c4ccccc4n(-c4cc(C(C)(C)c5ccccc5)ccn4)c3c2)cc(C(C)(C)C)c1. The van der Waals surface area contributed by atoms with Crippen LogP contribution in [0.25, 0.3) is 27.6 Å². The van der Waals surface area contributed by atoms with E-state index < -0.39 is 0 Å². The van der Waals surface area contributed by atoms with Crippen LogP contribution >= 0.6 is 0 Å². The number of aromatic nitrogens is 2. The van der Waals surface area contributed by atoms with E-state index >= 15 is 0 Å². The average Bonchev–Trinajstić information content (AvgIpc) is 3.88. The largest absolute Gasteiger partial charge is 0.457 e. The minimum absolute atomic E-state index is 0.101. The number of allylic oxidation sites excluding steroid dienone is 1. The summed E-state index contributed by atoms with van der Waals surface area (Å²) in [5.74, 6) is 2.47. The first-order chi connectivity index (χ1) is 30.0. The lowest BCUT2D eigenvalue weighted by molar-refractivity contribution is 0.477. The topological polar surface area (TPSA) is 33.5 Å². The molecular weight excluding hydrogens is 769 g/mol. The fraction of sp³-hybridized carbons (Fsp3) is 0.259. The van der Waals surface area contributed by atoms with Crippen LogP contribution in [0.4, 0.5) is 11.4 Å². The Kier molecular flexibility index (Phi) is 10.4. The van der Waals surface area contributed by atoms with Gasteiger partial charge < -0.3 is 14.5 Å². The number of hydrogen-bond donors (Lipinski definition) is 0. The maximum atomic E-state index is 6.97. The molecule has 0 aliphatic carbocycles. The summed E-state index contributed by atoms with van der Waals surface area (Å²) in [6.07, 6.45) is 4.27. The van der Waals surface area contributed by atoms with Crippen molar-refractivity contribution in [3.8, 4) is 17.3 Å². The van der Waals surface area contributed by atoms with Gasteiger partial charge in [-0.1, -0.05) is 160 Å². The molecule has 0 fully saturated rings. The third-order valence-corrected chi connectivity index (χ3v) is 13.2. The molecule has 0 spiro atoms. The molecule has 0 atom stereocenters. The second-order valence-electron chi connectivity index (χ2n) is 20.3. The van der Waals surface area contributed by atoms with Gasteiger partial charge in [0, 0.05) is 68.6 Å². The molecule has 0 amide bonds. The van der Waals surface area contributed by atoms with Gasteiger partial charge in [-0.15, -0.1) is 0 Å². The lowest BCUT2D eigenvalue weighted by atomic mass is 9.78. The van der Waals surface area contributed by atoms with Gasteiger partial charge in [-0.2, -0.15) is 0 Å². The molecule has 1 aliphatic rings. The van der Waals surface area contributed by atoms with Crippen LogP contribution in [0, 0.1) is 5.41 Å². The maximum Gasteiger partial charge on any atom is 0.137 e. The van der Waals surface area contributed by atoms with Crippen molar-refractivity contribution in [1.82, 2.24) is 9.55 Å². The van der Waals surface area contributed by atoms with Crippen LogP contribution in [0.3, 0.4) is 0 Å². The van der Waals surface area contributed by atoms with Crippen molar-refractivity contribution in [2.24, 2.45) is 5.41 Å². The Morgan fingerprint density at radius 2 is 1.06 bits per heavy atom. The van der Waals surface area contributed by atoms with E-state index in [-0.39, 0.29) is 21.7 Å². The van der Waals surface area contributed by atoms with Gasteiger partial charge in [-0.25, -0.2) is 4.98 Å². The van der Waals surface area contributed by atoms with Gasteiger partial charge >= 0.3 is 0 Å². The summed E-state index contributed by atoms with van der Waals surface area (Å²) in [5, 5.41) is 2.34. The van der Waals surface area contributed by atoms with Crippen LogP contribution in [0.1, 0.15) is 97.1 Å². The highest BCUT2D eigenvalue weighted by Gasteiger charge is 2.33. The highest BCUT2D eigenvalue weighted by atomic mass is 16.5. The van der Waals surface area contributed by atoms with Gasteiger partial charge in [0.25, 0.3) is 0 Å². The maximum absolute atomic E-state index is 6.97. The summed E-state index contributed by atoms with van der Waals surface area (Å²) in [6.45, 7) is 23.6. The molecule has 0 unspecified atom stereocenters. The van der Waals surface area contributed by atoms with Crippen molar-refractivity contribution < 1.29 is 4.74 Å². The fourth-order valence-electron chi connectivity index (χ4n) is 9.13. The van der Waals surface area contributed by atoms with Crippen LogP contribution in [0.2, 0.25) is 0 Å². The normalized spacial score (nSPS) is 13.8. The van der Waals surface area contributed by atoms with Gasteiger partial charge in [-0.05, 0) is 87.8 Å². The number of anilines is 2. The number of pyridine rings is 1. The van der Waals surface area contributed by atoms with Crippen molar-refractivity contribution in [1.29, 1.82) is 0 Å². The Bertz CT molecular complexity index is 2960. The molecule has 0 N–H and O–H groups in total. The fourth-order valence-corrected chi connectivity index (χ4v) is 9.13. The van der Waals surface area contributed by atoms with Crippen molar-refractivity contribution in [3.05, 3.63) is 204 Å². The van der Waals surface area contributed by atoms with Gasteiger partial charge in [0.05, 0.1) is 17.7 Å². The zero-order valence-corrected chi connectivity index (χ0v) is 38.6. The van der Waals surface area contributed by atoms with Crippen LogP contribution in [0.15, 0.2) is 176 Å². The first kappa shape index (κ1) is 41.7. The molecule has 3 heterocycles. The quantitative estimate of drug-likeness (QED) is 0.145. The zero-order valence-electron chi connectivity index (χ0n) is 38.6. The van der Waals surface area contributed by atoms with Gasteiger partial charge in [-0.3, -0.25) is 4.57 Å². The molecule has 6 aromatic carbocycles. The molecule has 2 aromatic heterocycles. The van der Waals surface area contributed by atoms with Gasteiger partial charge in [0.15, 0.2) is 0 Å². The predicted molar refractivity (Wildman–Crippen MR) is 265 cm³/mol. The van der Waals surface area contributed by atoms with Crippen LogP contribution < -0.4 is 14.5 Å². The molecule has 9 rings (SSSR count). The Hall–Kier alpha value is -6.59. The summed E-state index contributed by atoms with van der Waals surface area (Å²) in [7, 11) is 0. The minimum Gasteiger partial charge on any atom is -0.457 e. The Labute approximate surface area is 374 Å². The molecule has 1 aliphatic heterocycles. The first-order valence-electron chi connectivity index (χ1n) is 22.3. The van der Waals surface area contributed by atoms with E-state index in [1.54, 1.807) is 0 Å². The van der Waals surface area contributed by atoms with E-state index in [0.717, 1.165) is 39.4 Å². The number of fused-ring (bicyclic) bond motifs is 3. The lowest BCUT2D eigenvalue weighted by Gasteiger charge is -2.32. The van der Waals surface area contributed by atoms with E-state index in [9.17, 15) is 0 Å². The molecule has 0 saturated carbocycles. The van der Waals surface area contributed by atoms with Crippen molar-refractivity contribution in [2.45, 2.75) is 85.5 Å². The molecule has 0 saturated heterocycles. The van der Waals surface area contributed by atoms with Crippen molar-refractivity contribution in [3.63, 3.8) is 0 Å². The summed E-state index contributed by atoms with van der Waals surface area (Å²) < 4.78 is 9.25. The predicted octanol–water partition coefficient (Wildman–Crippen LogP) is 15.1. The molecule has 8 aromatic rings. The Morgan fingerprint density at radius 3 is 1.71 bits per heavy atom. The van der Waals surface area contributed by atoms with E-state index in [1.807, 2.05) is 6.20 Å². The van der Waals surface area contributed by atoms with Crippen LogP contribution in [-0.2, 0) is 16.2 Å². The second-order valence-corrected chi connectivity index (χ2v) is 20.3. The average molecular weight is 829 g/mol. The summed E-state index contributed by atoms with van der Waals surface area (Å²) in [4.78, 5) is 9.82. The Morgan fingerprint density at radius 1 is 0.460 bits per heavy atom. The number of ether oxygens (including phenoxy) is 1. The second kappa shape index (κ2) is 15.6. The van der Waals surface area contributed by atoms with E-state index in [0.29, 0.717) is 6.67 Å². The molecule has 0 bridgehead atoms. The third-order valence-electron chi connectivity index (χ3n) is 13.2. The number of benzene rings is 6. The highest BCUT2D eigenvalue weighted by Crippen LogP contribution is 2.43. The van der Waals surface area contributed by atoms with Crippen LogP contribution in [-0.4, -0.2) is 16.2 Å². The number of nitrogens with zero attached hydrogens (tertiary/aromatic N) is 4. The molecular formula is C58H60N4O. The number of hydrogen-bond acceptors (Lipinski definition) is 4.